The van der Waals surface area contributed by atoms with Crippen molar-refractivity contribution in [3.63, 3.8) is 0 Å². The van der Waals surface area contributed by atoms with Crippen LogP contribution in [0.15, 0.2) is 22.9 Å². The third-order valence-corrected chi connectivity index (χ3v) is 2.61. The number of nitrogens with one attached hydrogen (secondary N) is 1. The average molecular weight is 255 g/mol. The number of amides is 1. The maximum absolute atomic E-state index is 11.3. The molecule has 2 rings (SSSR count). The van der Waals surface area contributed by atoms with E-state index in [1.807, 2.05) is 6.07 Å². The maximum atomic E-state index is 11.3. The highest BCUT2D eigenvalue weighted by Gasteiger charge is 2.29. The quantitative estimate of drug-likeness (QED) is 0.895. The molecule has 0 bridgehead atoms. The van der Waals surface area contributed by atoms with Gasteiger partial charge in [-0.15, -0.1) is 0 Å². The highest BCUT2D eigenvalue weighted by Crippen LogP contribution is 2.28. The zero-order chi connectivity index (χ0) is 9.97. The second-order valence-electron chi connectivity index (χ2n) is 3.50. The van der Waals surface area contributed by atoms with Crippen molar-refractivity contribution in [2.75, 3.05) is 0 Å². The Balaban J connectivity index is 1.87. The Morgan fingerprint density at radius 3 is 3.00 bits per heavy atom. The third-order valence-electron chi connectivity index (χ3n) is 2.18. The Morgan fingerprint density at radius 2 is 2.36 bits per heavy atom. The van der Waals surface area contributed by atoms with Gasteiger partial charge in [-0.2, -0.15) is 0 Å². The fourth-order valence-electron chi connectivity index (χ4n) is 1.23. The lowest BCUT2D eigenvalue weighted by Crippen LogP contribution is -2.24. The van der Waals surface area contributed by atoms with Crippen LogP contribution in [0.25, 0.3) is 0 Å². The van der Waals surface area contributed by atoms with E-state index in [-0.39, 0.29) is 11.8 Å². The SMILES string of the molecule is O=C(NCc1cncc(Br)c1)C1CC1. The van der Waals surface area contributed by atoms with Gasteiger partial charge in [0.2, 0.25) is 5.91 Å². The molecule has 3 nitrogen and oxygen atoms in total. The van der Waals surface area contributed by atoms with Crippen LogP contribution in [0.1, 0.15) is 18.4 Å². The van der Waals surface area contributed by atoms with Crippen molar-refractivity contribution in [2.24, 2.45) is 5.92 Å². The first-order valence-electron chi connectivity index (χ1n) is 4.63. The van der Waals surface area contributed by atoms with Crippen LogP contribution in [-0.4, -0.2) is 10.9 Å². The Labute approximate surface area is 91.0 Å². The molecule has 0 saturated heterocycles. The molecular weight excluding hydrogens is 244 g/mol. The number of carbonyl (C=O) groups is 1. The number of pyridine rings is 1. The summed E-state index contributed by atoms with van der Waals surface area (Å²) in [4.78, 5) is 15.3. The lowest BCUT2D eigenvalue weighted by Gasteiger charge is -2.03. The minimum absolute atomic E-state index is 0.171. The molecule has 0 unspecified atom stereocenters. The molecule has 1 aromatic heterocycles. The number of hydrogen-bond acceptors (Lipinski definition) is 2. The van der Waals surface area contributed by atoms with E-state index in [1.165, 1.54) is 0 Å². The normalized spacial score (nSPS) is 15.2. The van der Waals surface area contributed by atoms with Crippen molar-refractivity contribution in [2.45, 2.75) is 19.4 Å². The van der Waals surface area contributed by atoms with Crippen molar-refractivity contribution in [1.29, 1.82) is 0 Å². The lowest BCUT2D eigenvalue weighted by atomic mass is 10.3. The molecule has 1 fully saturated rings. The van der Waals surface area contributed by atoms with Crippen LogP contribution in [0.2, 0.25) is 0 Å². The Kier molecular flexibility index (Phi) is 2.82. The summed E-state index contributed by atoms with van der Waals surface area (Å²) < 4.78 is 0.940. The number of halogens is 1. The van der Waals surface area contributed by atoms with Gasteiger partial charge in [-0.25, -0.2) is 0 Å². The van der Waals surface area contributed by atoms with E-state index >= 15 is 0 Å². The van der Waals surface area contributed by atoms with Gasteiger partial charge in [-0.05, 0) is 40.4 Å². The van der Waals surface area contributed by atoms with Gasteiger partial charge in [0.1, 0.15) is 0 Å². The topological polar surface area (TPSA) is 42.0 Å². The molecule has 1 N–H and O–H groups in total. The molecule has 0 aromatic carbocycles. The molecular formula is C10H11BrN2O. The van der Waals surface area contributed by atoms with Crippen LogP contribution in [0.3, 0.4) is 0 Å². The molecule has 74 valence electrons. The molecule has 0 atom stereocenters. The van der Waals surface area contributed by atoms with Crippen molar-refractivity contribution >= 4 is 21.8 Å². The summed E-state index contributed by atoms with van der Waals surface area (Å²) >= 11 is 3.34. The molecule has 4 heteroatoms. The van der Waals surface area contributed by atoms with E-state index in [9.17, 15) is 4.79 Å². The van der Waals surface area contributed by atoms with E-state index in [1.54, 1.807) is 12.4 Å². The third kappa shape index (κ3) is 2.54. The molecule has 1 amide bonds. The number of hydrogen-bond donors (Lipinski definition) is 1. The molecule has 1 aromatic rings. The number of nitrogens with zero attached hydrogens (tertiary/aromatic N) is 1. The summed E-state index contributed by atoms with van der Waals surface area (Å²) in [5.41, 5.74) is 1.02. The van der Waals surface area contributed by atoms with E-state index in [4.69, 9.17) is 0 Å². The lowest BCUT2D eigenvalue weighted by molar-refractivity contribution is -0.122. The molecule has 14 heavy (non-hydrogen) atoms. The van der Waals surface area contributed by atoms with Crippen LogP contribution < -0.4 is 5.32 Å². The van der Waals surface area contributed by atoms with Gasteiger partial charge in [0, 0.05) is 29.3 Å². The molecule has 0 aliphatic heterocycles. The van der Waals surface area contributed by atoms with Crippen LogP contribution in [0.4, 0.5) is 0 Å². The Bertz CT molecular complexity index is 350. The Morgan fingerprint density at radius 1 is 1.57 bits per heavy atom. The van der Waals surface area contributed by atoms with Gasteiger partial charge in [0.05, 0.1) is 0 Å². The van der Waals surface area contributed by atoms with E-state index < -0.39 is 0 Å². The number of carbonyl (C=O) groups excluding carboxylic acids is 1. The van der Waals surface area contributed by atoms with E-state index in [0.29, 0.717) is 6.54 Å². The first-order chi connectivity index (χ1) is 6.75. The largest absolute Gasteiger partial charge is 0.352 e. The van der Waals surface area contributed by atoms with Crippen LogP contribution in [0.5, 0.6) is 0 Å². The molecule has 0 spiro atoms. The summed E-state index contributed by atoms with van der Waals surface area (Å²) in [6, 6.07) is 1.96. The summed E-state index contributed by atoms with van der Waals surface area (Å²) in [6.45, 7) is 0.571. The van der Waals surface area contributed by atoms with Gasteiger partial charge in [0.25, 0.3) is 0 Å². The highest BCUT2D eigenvalue weighted by atomic mass is 79.9. The van der Waals surface area contributed by atoms with Crippen molar-refractivity contribution in [3.05, 3.63) is 28.5 Å². The standard InChI is InChI=1S/C10H11BrN2O/c11-9-3-7(4-12-6-9)5-13-10(14)8-1-2-8/h3-4,6,8H,1-2,5H2,(H,13,14). The van der Waals surface area contributed by atoms with Gasteiger partial charge < -0.3 is 5.32 Å². The predicted molar refractivity (Wildman–Crippen MR) is 56.5 cm³/mol. The number of rotatable bonds is 3. The summed E-state index contributed by atoms with van der Waals surface area (Å²) in [5, 5.41) is 2.89. The molecule has 0 radical (unpaired) electrons. The fourth-order valence-corrected chi connectivity index (χ4v) is 1.64. The summed E-state index contributed by atoms with van der Waals surface area (Å²) in [7, 11) is 0. The van der Waals surface area contributed by atoms with Crippen molar-refractivity contribution in [1.82, 2.24) is 10.3 Å². The number of aromatic nitrogens is 1. The van der Waals surface area contributed by atoms with Crippen LogP contribution in [-0.2, 0) is 11.3 Å². The van der Waals surface area contributed by atoms with Crippen LogP contribution >= 0.6 is 15.9 Å². The van der Waals surface area contributed by atoms with E-state index in [0.717, 1.165) is 22.9 Å². The minimum atomic E-state index is 0.171. The maximum Gasteiger partial charge on any atom is 0.223 e. The molecule has 1 heterocycles. The minimum Gasteiger partial charge on any atom is -0.352 e. The van der Waals surface area contributed by atoms with Gasteiger partial charge in [0.15, 0.2) is 0 Å². The summed E-state index contributed by atoms with van der Waals surface area (Å²) in [5.74, 6) is 0.445. The second-order valence-corrected chi connectivity index (χ2v) is 4.42. The monoisotopic (exact) mass is 254 g/mol. The van der Waals surface area contributed by atoms with Gasteiger partial charge in [-0.1, -0.05) is 0 Å². The van der Waals surface area contributed by atoms with Crippen molar-refractivity contribution < 1.29 is 4.79 Å². The van der Waals surface area contributed by atoms with E-state index in [2.05, 4.69) is 26.2 Å². The fraction of sp³-hybridized carbons (Fsp3) is 0.400. The molecule has 1 saturated carbocycles. The van der Waals surface area contributed by atoms with Crippen LogP contribution in [0, 0.1) is 5.92 Å². The Hall–Kier alpha value is -0.900. The smallest absolute Gasteiger partial charge is 0.223 e. The zero-order valence-corrected chi connectivity index (χ0v) is 9.25. The first kappa shape index (κ1) is 9.65. The molecule has 1 aliphatic carbocycles. The van der Waals surface area contributed by atoms with Gasteiger partial charge in [-0.3, -0.25) is 9.78 Å². The predicted octanol–water partition coefficient (Wildman–Crippen LogP) is 1.87. The first-order valence-corrected chi connectivity index (χ1v) is 5.42. The summed E-state index contributed by atoms with van der Waals surface area (Å²) in [6.07, 6.45) is 5.58. The highest BCUT2D eigenvalue weighted by molar-refractivity contribution is 9.10. The molecule has 1 aliphatic rings. The zero-order valence-electron chi connectivity index (χ0n) is 7.66. The van der Waals surface area contributed by atoms with Gasteiger partial charge >= 0.3 is 0 Å². The second kappa shape index (κ2) is 4.09. The van der Waals surface area contributed by atoms with Crippen molar-refractivity contribution in [3.8, 4) is 0 Å². The average Bonchev–Trinajstić information content (AvgIpc) is 2.97.